The maximum Gasteiger partial charge on any atom is 0.250 e. The smallest absolute Gasteiger partial charge is 0.250 e. The third-order valence-electron chi connectivity index (χ3n) is 5.73. The molecule has 0 atom stereocenters. The van der Waals surface area contributed by atoms with Gasteiger partial charge in [0.05, 0.1) is 13.2 Å². The molecule has 2 N–H and O–H groups in total. The van der Waals surface area contributed by atoms with E-state index in [2.05, 4.69) is 10.6 Å². The molecule has 1 fully saturated rings. The van der Waals surface area contributed by atoms with Gasteiger partial charge >= 0.3 is 0 Å². The second-order valence-corrected chi connectivity index (χ2v) is 8.63. The zero-order valence-electron chi connectivity index (χ0n) is 20.0. The second-order valence-electron chi connectivity index (χ2n) is 8.63. The van der Waals surface area contributed by atoms with E-state index in [-0.39, 0.29) is 25.0 Å². The maximum atomic E-state index is 12.1. The highest BCUT2D eigenvalue weighted by Crippen LogP contribution is 2.26. The minimum absolute atomic E-state index is 0.211. The van der Waals surface area contributed by atoms with Crippen LogP contribution in [-0.4, -0.2) is 38.2 Å². The molecular formula is C27H36N2O5. The molecule has 7 nitrogen and oxygen atoms in total. The summed E-state index contributed by atoms with van der Waals surface area (Å²) in [5.41, 5.74) is 1.30. The number of ether oxygens (including phenoxy) is 3. The van der Waals surface area contributed by atoms with Crippen LogP contribution in [0.3, 0.4) is 0 Å². The lowest BCUT2D eigenvalue weighted by Gasteiger charge is -2.21. The lowest BCUT2D eigenvalue weighted by Crippen LogP contribution is -2.23. The van der Waals surface area contributed by atoms with E-state index < -0.39 is 0 Å². The van der Waals surface area contributed by atoms with Crippen LogP contribution >= 0.6 is 0 Å². The van der Waals surface area contributed by atoms with Crippen molar-refractivity contribution in [1.82, 2.24) is 0 Å². The van der Waals surface area contributed by atoms with E-state index in [0.717, 1.165) is 36.9 Å². The Labute approximate surface area is 202 Å². The van der Waals surface area contributed by atoms with Gasteiger partial charge in [0.25, 0.3) is 0 Å². The van der Waals surface area contributed by atoms with Crippen LogP contribution in [0, 0.1) is 5.92 Å². The SMILES string of the molecule is CCCOc1ccc(NC(=O)COCC(=O)Nc2ccc(OCCC3CCCCC3)cc2)cc1. The number of hydrogen-bond donors (Lipinski definition) is 2. The average Bonchev–Trinajstić information content (AvgIpc) is 2.85. The van der Waals surface area contributed by atoms with Crippen LogP contribution in [-0.2, 0) is 14.3 Å². The van der Waals surface area contributed by atoms with Crippen molar-refractivity contribution in [3.8, 4) is 11.5 Å². The van der Waals surface area contributed by atoms with Gasteiger partial charge in [-0.25, -0.2) is 0 Å². The van der Waals surface area contributed by atoms with Crippen molar-refractivity contribution < 1.29 is 23.8 Å². The van der Waals surface area contributed by atoms with Crippen molar-refractivity contribution in [3.63, 3.8) is 0 Å². The highest BCUT2D eigenvalue weighted by molar-refractivity contribution is 5.93. The first-order valence-electron chi connectivity index (χ1n) is 12.3. The predicted octanol–water partition coefficient (Wildman–Crippen LogP) is 5.42. The van der Waals surface area contributed by atoms with Crippen LogP contribution in [0.1, 0.15) is 51.9 Å². The van der Waals surface area contributed by atoms with Gasteiger partial charge in [-0.3, -0.25) is 9.59 Å². The molecule has 1 aliphatic rings. The first-order chi connectivity index (χ1) is 16.6. The highest BCUT2D eigenvalue weighted by atomic mass is 16.5. The summed E-state index contributed by atoms with van der Waals surface area (Å²) >= 11 is 0. The molecule has 0 heterocycles. The van der Waals surface area contributed by atoms with Crippen molar-refractivity contribution >= 4 is 23.2 Å². The van der Waals surface area contributed by atoms with E-state index in [4.69, 9.17) is 14.2 Å². The Bertz CT molecular complexity index is 877. The van der Waals surface area contributed by atoms with Crippen molar-refractivity contribution in [1.29, 1.82) is 0 Å². The standard InChI is InChI=1S/C27H36N2O5/c1-2-17-33-24-12-8-22(9-13-24)28-26(30)19-32-20-27(31)29-23-10-14-25(15-11-23)34-18-16-21-6-4-3-5-7-21/h8-15,21H,2-7,16-20H2,1H3,(H,28,30)(H,29,31). The topological polar surface area (TPSA) is 85.9 Å². The first kappa shape index (κ1) is 25.6. The van der Waals surface area contributed by atoms with E-state index in [1.54, 1.807) is 36.4 Å². The Balaban J connectivity index is 1.29. The largest absolute Gasteiger partial charge is 0.494 e. The molecule has 0 aromatic heterocycles. The Hall–Kier alpha value is -3.06. The third kappa shape index (κ3) is 9.43. The van der Waals surface area contributed by atoms with Crippen LogP contribution in [0.25, 0.3) is 0 Å². The fourth-order valence-electron chi connectivity index (χ4n) is 3.94. The predicted molar refractivity (Wildman–Crippen MR) is 133 cm³/mol. The van der Waals surface area contributed by atoms with Crippen LogP contribution in [0.2, 0.25) is 0 Å². The molecule has 2 amide bonds. The van der Waals surface area contributed by atoms with E-state index in [1.807, 2.05) is 19.1 Å². The van der Waals surface area contributed by atoms with Gasteiger partial charge in [0.1, 0.15) is 24.7 Å². The monoisotopic (exact) mass is 468 g/mol. The molecule has 34 heavy (non-hydrogen) atoms. The zero-order chi connectivity index (χ0) is 24.0. The highest BCUT2D eigenvalue weighted by Gasteiger charge is 2.13. The summed E-state index contributed by atoms with van der Waals surface area (Å²) in [5, 5.41) is 5.49. The van der Waals surface area contributed by atoms with Crippen LogP contribution in [0.5, 0.6) is 11.5 Å². The van der Waals surface area contributed by atoms with Crippen molar-refractivity contribution in [2.24, 2.45) is 5.92 Å². The summed E-state index contributed by atoms with van der Waals surface area (Å²) in [6.45, 7) is 2.99. The van der Waals surface area contributed by atoms with Gasteiger partial charge < -0.3 is 24.8 Å². The van der Waals surface area contributed by atoms with Gasteiger partial charge in [0.2, 0.25) is 11.8 Å². The van der Waals surface area contributed by atoms with Gasteiger partial charge in [0, 0.05) is 11.4 Å². The molecular weight excluding hydrogens is 432 g/mol. The zero-order valence-corrected chi connectivity index (χ0v) is 20.0. The van der Waals surface area contributed by atoms with Crippen molar-refractivity contribution in [3.05, 3.63) is 48.5 Å². The molecule has 0 spiro atoms. The molecule has 184 valence electrons. The summed E-state index contributed by atoms with van der Waals surface area (Å²) in [7, 11) is 0. The number of benzene rings is 2. The number of hydrogen-bond acceptors (Lipinski definition) is 5. The Morgan fingerprint density at radius 2 is 1.26 bits per heavy atom. The summed E-state index contributed by atoms with van der Waals surface area (Å²) in [6, 6.07) is 14.4. The lowest BCUT2D eigenvalue weighted by molar-refractivity contribution is -0.125. The van der Waals surface area contributed by atoms with E-state index in [0.29, 0.717) is 18.0 Å². The maximum absolute atomic E-state index is 12.1. The van der Waals surface area contributed by atoms with Gasteiger partial charge in [-0.2, -0.15) is 0 Å². The molecule has 2 aromatic rings. The molecule has 0 aliphatic heterocycles. The van der Waals surface area contributed by atoms with Crippen LogP contribution in [0.15, 0.2) is 48.5 Å². The van der Waals surface area contributed by atoms with Crippen molar-refractivity contribution in [2.75, 3.05) is 37.1 Å². The fraction of sp³-hybridized carbons (Fsp3) is 0.481. The molecule has 0 unspecified atom stereocenters. The van der Waals surface area contributed by atoms with Gasteiger partial charge in [-0.05, 0) is 67.3 Å². The third-order valence-corrected chi connectivity index (χ3v) is 5.73. The normalized spacial score (nSPS) is 13.8. The molecule has 2 aromatic carbocycles. The molecule has 1 saturated carbocycles. The van der Waals surface area contributed by atoms with Gasteiger partial charge in [-0.1, -0.05) is 39.0 Å². The first-order valence-corrected chi connectivity index (χ1v) is 12.3. The molecule has 0 radical (unpaired) electrons. The Morgan fingerprint density at radius 3 is 1.76 bits per heavy atom. The Kier molecular flexibility index (Phi) is 10.7. The summed E-state index contributed by atoms with van der Waals surface area (Å²) in [6.07, 6.45) is 8.73. The number of anilines is 2. The fourth-order valence-corrected chi connectivity index (χ4v) is 3.94. The number of rotatable bonds is 13. The summed E-state index contributed by atoms with van der Waals surface area (Å²) in [4.78, 5) is 24.1. The summed E-state index contributed by atoms with van der Waals surface area (Å²) < 4.78 is 16.6. The summed E-state index contributed by atoms with van der Waals surface area (Å²) in [5.74, 6) is 1.69. The minimum atomic E-state index is -0.329. The van der Waals surface area contributed by atoms with Crippen LogP contribution in [0.4, 0.5) is 11.4 Å². The lowest BCUT2D eigenvalue weighted by atomic mass is 9.87. The van der Waals surface area contributed by atoms with E-state index in [9.17, 15) is 9.59 Å². The number of carbonyl (C=O) groups excluding carboxylic acids is 2. The van der Waals surface area contributed by atoms with Crippen LogP contribution < -0.4 is 20.1 Å². The van der Waals surface area contributed by atoms with E-state index >= 15 is 0 Å². The van der Waals surface area contributed by atoms with Gasteiger partial charge in [0.15, 0.2) is 0 Å². The average molecular weight is 469 g/mol. The molecule has 0 bridgehead atoms. The van der Waals surface area contributed by atoms with Crippen molar-refractivity contribution in [2.45, 2.75) is 51.9 Å². The molecule has 1 aliphatic carbocycles. The number of amides is 2. The van der Waals surface area contributed by atoms with Gasteiger partial charge in [-0.15, -0.1) is 0 Å². The minimum Gasteiger partial charge on any atom is -0.494 e. The molecule has 0 saturated heterocycles. The second kappa shape index (κ2) is 14.3. The molecule has 7 heteroatoms. The number of carbonyl (C=O) groups is 2. The number of nitrogens with one attached hydrogen (secondary N) is 2. The quantitative estimate of drug-likeness (QED) is 0.410. The van der Waals surface area contributed by atoms with E-state index in [1.165, 1.54) is 32.1 Å². The molecule has 3 rings (SSSR count). The Morgan fingerprint density at radius 1 is 0.765 bits per heavy atom.